The summed E-state index contributed by atoms with van der Waals surface area (Å²) >= 11 is 10.3. The van der Waals surface area contributed by atoms with Crippen LogP contribution in [0.25, 0.3) is 0 Å². The van der Waals surface area contributed by atoms with Crippen molar-refractivity contribution in [3.63, 3.8) is 0 Å². The molecule has 0 radical (unpaired) electrons. The predicted molar refractivity (Wildman–Crippen MR) is 103 cm³/mol. The molecular weight excluding hydrogens is 394 g/mol. The predicted octanol–water partition coefficient (Wildman–Crippen LogP) is 3.89. The summed E-state index contributed by atoms with van der Waals surface area (Å²) in [5, 5.41) is -0.205. The molecule has 1 aliphatic heterocycles. The topological polar surface area (TPSA) is 29.5 Å². The molecule has 1 amide bonds. The number of ether oxygens (including phenoxy) is 1. The fourth-order valence-electron chi connectivity index (χ4n) is 2.33. The standard InChI is InChI=1S/C17H18BrNO2S2/c1-4-7-21-14-6-5-13(18)8-12(14)9-15-16(20)19(10-11(2)3)17(22)23-15/h1,5-6,8,11,15H,7,9-10H2,2-3H3/t15-/m1/s1. The van der Waals surface area contributed by atoms with Gasteiger partial charge in [0.1, 0.15) is 16.7 Å². The van der Waals surface area contributed by atoms with Gasteiger partial charge in [-0.2, -0.15) is 0 Å². The number of hydrogen-bond acceptors (Lipinski definition) is 4. The lowest BCUT2D eigenvalue weighted by atomic mass is 10.1. The van der Waals surface area contributed by atoms with Crippen molar-refractivity contribution in [1.29, 1.82) is 0 Å². The number of nitrogens with zero attached hydrogens (tertiary/aromatic N) is 1. The Morgan fingerprint density at radius 1 is 1.52 bits per heavy atom. The van der Waals surface area contributed by atoms with Crippen molar-refractivity contribution in [3.8, 4) is 18.1 Å². The summed E-state index contributed by atoms with van der Waals surface area (Å²) in [5.74, 6) is 3.64. The minimum Gasteiger partial charge on any atom is -0.481 e. The lowest BCUT2D eigenvalue weighted by molar-refractivity contribution is -0.126. The normalized spacial score (nSPS) is 17.7. The molecular formula is C17H18BrNO2S2. The van der Waals surface area contributed by atoms with E-state index in [-0.39, 0.29) is 17.8 Å². The highest BCUT2D eigenvalue weighted by Crippen LogP contribution is 2.33. The SMILES string of the molecule is C#CCOc1ccc(Br)cc1C[C@H]1SC(=S)N(CC(C)C)C1=O. The second-order valence-corrected chi connectivity index (χ2v) is 8.42. The molecule has 1 aromatic carbocycles. The highest BCUT2D eigenvalue weighted by molar-refractivity contribution is 9.10. The van der Waals surface area contributed by atoms with Gasteiger partial charge >= 0.3 is 0 Å². The second-order valence-electron chi connectivity index (χ2n) is 5.66. The van der Waals surface area contributed by atoms with Crippen LogP contribution in [0.3, 0.4) is 0 Å². The van der Waals surface area contributed by atoms with E-state index in [4.69, 9.17) is 23.4 Å². The largest absolute Gasteiger partial charge is 0.481 e. The summed E-state index contributed by atoms with van der Waals surface area (Å²) in [5.41, 5.74) is 0.953. The zero-order valence-corrected chi connectivity index (χ0v) is 16.3. The van der Waals surface area contributed by atoms with Gasteiger partial charge in [0.15, 0.2) is 0 Å². The zero-order valence-electron chi connectivity index (χ0n) is 13.0. The van der Waals surface area contributed by atoms with Crippen LogP contribution in [0.15, 0.2) is 22.7 Å². The number of carbonyl (C=O) groups is 1. The molecule has 0 N–H and O–H groups in total. The third-order valence-electron chi connectivity index (χ3n) is 3.29. The van der Waals surface area contributed by atoms with Crippen LogP contribution in [0.2, 0.25) is 0 Å². The Hall–Kier alpha value is -1.03. The van der Waals surface area contributed by atoms with Crippen LogP contribution in [0.5, 0.6) is 5.75 Å². The number of amides is 1. The molecule has 1 atom stereocenters. The third-order valence-corrected chi connectivity index (χ3v) is 5.37. The summed E-state index contributed by atoms with van der Waals surface area (Å²) in [6, 6.07) is 5.73. The number of carbonyl (C=O) groups excluding carboxylic acids is 1. The summed E-state index contributed by atoms with van der Waals surface area (Å²) in [6.45, 7) is 5.03. The maximum Gasteiger partial charge on any atom is 0.241 e. The first-order valence-electron chi connectivity index (χ1n) is 7.29. The van der Waals surface area contributed by atoms with Crippen LogP contribution in [-0.2, 0) is 11.2 Å². The Balaban J connectivity index is 2.16. The number of thiocarbonyl (C=S) groups is 1. The van der Waals surface area contributed by atoms with Crippen molar-refractivity contribution in [3.05, 3.63) is 28.2 Å². The van der Waals surface area contributed by atoms with Crippen molar-refractivity contribution >= 4 is 50.1 Å². The number of benzene rings is 1. The first kappa shape index (κ1) is 18.3. The smallest absolute Gasteiger partial charge is 0.241 e. The van der Waals surface area contributed by atoms with Crippen molar-refractivity contribution in [1.82, 2.24) is 4.90 Å². The van der Waals surface area contributed by atoms with Crippen molar-refractivity contribution in [2.75, 3.05) is 13.2 Å². The first-order chi connectivity index (χ1) is 10.9. The van der Waals surface area contributed by atoms with Crippen molar-refractivity contribution in [2.45, 2.75) is 25.5 Å². The maximum atomic E-state index is 12.6. The first-order valence-corrected chi connectivity index (χ1v) is 9.37. The summed E-state index contributed by atoms with van der Waals surface area (Å²) < 4.78 is 7.19. The van der Waals surface area contributed by atoms with E-state index in [0.29, 0.717) is 29.0 Å². The quantitative estimate of drug-likeness (QED) is 0.524. The number of rotatable bonds is 6. The van der Waals surface area contributed by atoms with E-state index in [2.05, 4.69) is 35.7 Å². The fraction of sp³-hybridized carbons (Fsp3) is 0.412. The molecule has 0 aliphatic carbocycles. The van der Waals surface area contributed by atoms with Gasteiger partial charge in [-0.15, -0.1) is 6.42 Å². The third kappa shape index (κ3) is 4.72. The molecule has 0 saturated carbocycles. The van der Waals surface area contributed by atoms with Gasteiger partial charge in [0, 0.05) is 11.0 Å². The second kappa shape index (κ2) is 8.18. The molecule has 0 spiro atoms. The van der Waals surface area contributed by atoms with Gasteiger partial charge in [0.05, 0.1) is 5.25 Å². The number of halogens is 1. The Morgan fingerprint density at radius 2 is 2.26 bits per heavy atom. The van der Waals surface area contributed by atoms with E-state index in [1.165, 1.54) is 11.8 Å². The van der Waals surface area contributed by atoms with Crippen LogP contribution in [-0.4, -0.2) is 33.5 Å². The highest BCUT2D eigenvalue weighted by Gasteiger charge is 2.37. The van der Waals surface area contributed by atoms with Crippen LogP contribution in [0, 0.1) is 18.3 Å². The number of terminal acetylenes is 1. The van der Waals surface area contributed by atoms with E-state index < -0.39 is 0 Å². The molecule has 3 nitrogen and oxygen atoms in total. The van der Waals surface area contributed by atoms with Gasteiger partial charge in [-0.05, 0) is 36.1 Å². The average Bonchev–Trinajstić information content (AvgIpc) is 2.74. The average molecular weight is 412 g/mol. The van der Waals surface area contributed by atoms with E-state index in [0.717, 1.165) is 10.0 Å². The molecule has 1 fully saturated rings. The fourth-order valence-corrected chi connectivity index (χ4v) is 4.27. The molecule has 1 aromatic rings. The van der Waals surface area contributed by atoms with Crippen LogP contribution >= 0.6 is 39.9 Å². The van der Waals surface area contributed by atoms with Crippen molar-refractivity contribution < 1.29 is 9.53 Å². The molecule has 0 bridgehead atoms. The Morgan fingerprint density at radius 3 is 2.91 bits per heavy atom. The Labute approximate surface area is 155 Å². The number of thioether (sulfide) groups is 1. The van der Waals surface area contributed by atoms with Gasteiger partial charge in [-0.1, -0.05) is 59.7 Å². The van der Waals surface area contributed by atoms with Crippen LogP contribution < -0.4 is 4.74 Å². The van der Waals surface area contributed by atoms with Crippen LogP contribution in [0.4, 0.5) is 0 Å². The summed E-state index contributed by atoms with van der Waals surface area (Å²) in [6.07, 6.45) is 5.83. The number of hydrogen-bond donors (Lipinski definition) is 0. The monoisotopic (exact) mass is 411 g/mol. The van der Waals surface area contributed by atoms with Crippen molar-refractivity contribution in [2.24, 2.45) is 5.92 Å². The summed E-state index contributed by atoms with van der Waals surface area (Å²) in [7, 11) is 0. The van der Waals surface area contributed by atoms with Crippen LogP contribution in [0.1, 0.15) is 19.4 Å². The van der Waals surface area contributed by atoms with Gasteiger partial charge in [0.2, 0.25) is 5.91 Å². The van der Waals surface area contributed by atoms with Gasteiger partial charge in [-0.25, -0.2) is 0 Å². The summed E-state index contributed by atoms with van der Waals surface area (Å²) in [4.78, 5) is 14.3. The molecule has 0 unspecified atom stereocenters. The van der Waals surface area contributed by atoms with E-state index in [1.54, 1.807) is 4.90 Å². The van der Waals surface area contributed by atoms with E-state index in [9.17, 15) is 4.79 Å². The highest BCUT2D eigenvalue weighted by atomic mass is 79.9. The molecule has 1 heterocycles. The molecule has 0 aromatic heterocycles. The Bertz CT molecular complexity index is 654. The molecule has 2 rings (SSSR count). The molecule has 23 heavy (non-hydrogen) atoms. The zero-order chi connectivity index (χ0) is 17.0. The van der Waals surface area contributed by atoms with Gasteiger partial charge < -0.3 is 4.74 Å². The van der Waals surface area contributed by atoms with Gasteiger partial charge in [0.25, 0.3) is 0 Å². The molecule has 6 heteroatoms. The van der Waals surface area contributed by atoms with E-state index in [1.807, 2.05) is 18.2 Å². The lowest BCUT2D eigenvalue weighted by Gasteiger charge is -2.18. The Kier molecular flexibility index (Phi) is 6.51. The molecule has 1 aliphatic rings. The lowest BCUT2D eigenvalue weighted by Crippen LogP contribution is -2.35. The van der Waals surface area contributed by atoms with E-state index >= 15 is 0 Å². The minimum atomic E-state index is -0.205. The van der Waals surface area contributed by atoms with Gasteiger partial charge in [-0.3, -0.25) is 9.69 Å². The molecule has 1 saturated heterocycles. The maximum absolute atomic E-state index is 12.6. The molecule has 122 valence electrons. The minimum absolute atomic E-state index is 0.0802.